The number of aromatic nitrogens is 2. The van der Waals surface area contributed by atoms with Crippen LogP contribution in [0.1, 0.15) is 31.7 Å². The fourth-order valence-corrected chi connectivity index (χ4v) is 3.36. The lowest BCUT2D eigenvalue weighted by Crippen LogP contribution is -2.26. The summed E-state index contributed by atoms with van der Waals surface area (Å²) in [6.07, 6.45) is 4.13. The first-order valence-corrected chi connectivity index (χ1v) is 10.0. The van der Waals surface area contributed by atoms with E-state index in [1.807, 2.05) is 6.92 Å². The Kier molecular flexibility index (Phi) is 5.40. The van der Waals surface area contributed by atoms with E-state index in [4.69, 9.17) is 9.88 Å². The van der Waals surface area contributed by atoms with Crippen molar-refractivity contribution in [2.75, 3.05) is 5.32 Å². The third-order valence-corrected chi connectivity index (χ3v) is 5.25. The van der Waals surface area contributed by atoms with Crippen molar-refractivity contribution in [1.29, 1.82) is 0 Å². The molecule has 0 spiro atoms. The van der Waals surface area contributed by atoms with Crippen LogP contribution in [0.3, 0.4) is 0 Å². The van der Waals surface area contributed by atoms with Crippen LogP contribution in [0.4, 0.5) is 11.6 Å². The summed E-state index contributed by atoms with van der Waals surface area (Å²) in [6, 6.07) is 5.98. The minimum Gasteiger partial charge on any atom is -0.471 e. The van der Waals surface area contributed by atoms with Crippen molar-refractivity contribution >= 4 is 21.7 Å². The van der Waals surface area contributed by atoms with Gasteiger partial charge >= 0.3 is 0 Å². The Morgan fingerprint density at radius 3 is 2.62 bits per heavy atom. The second-order valence-electron chi connectivity index (χ2n) is 6.23. The summed E-state index contributed by atoms with van der Waals surface area (Å²) in [7, 11) is -3.73. The zero-order valence-corrected chi connectivity index (χ0v) is 15.2. The summed E-state index contributed by atoms with van der Waals surface area (Å²) in [5, 5.41) is 18.1. The van der Waals surface area contributed by atoms with E-state index in [1.165, 1.54) is 12.1 Å². The Balaban J connectivity index is 1.78. The maximum absolute atomic E-state index is 11.3. The lowest BCUT2D eigenvalue weighted by atomic mass is 10.2. The minimum atomic E-state index is -3.73. The molecule has 2 aromatic rings. The maximum Gasteiger partial charge on any atom is 0.238 e. The monoisotopic (exact) mass is 378 g/mol. The molecule has 8 nitrogen and oxygen atoms in total. The van der Waals surface area contributed by atoms with Gasteiger partial charge in [-0.05, 0) is 49.9 Å². The Bertz CT molecular complexity index is 871. The summed E-state index contributed by atoms with van der Waals surface area (Å²) < 4.78 is 28.5. The zero-order chi connectivity index (χ0) is 18.7. The molecule has 1 aliphatic rings. The first-order chi connectivity index (χ1) is 12.4. The van der Waals surface area contributed by atoms with Crippen LogP contribution in [-0.2, 0) is 16.4 Å². The molecular formula is C17H22N4O4S. The van der Waals surface area contributed by atoms with Gasteiger partial charge in [-0.1, -0.05) is 6.92 Å². The third kappa shape index (κ3) is 4.29. The van der Waals surface area contributed by atoms with E-state index in [9.17, 15) is 13.5 Å². The number of anilines is 2. The van der Waals surface area contributed by atoms with Crippen molar-refractivity contribution in [1.82, 2.24) is 9.97 Å². The predicted molar refractivity (Wildman–Crippen MR) is 96.8 cm³/mol. The number of benzene rings is 1. The second kappa shape index (κ2) is 7.56. The number of aryl methyl sites for hydroxylation is 1. The number of aliphatic hydroxyl groups is 1. The van der Waals surface area contributed by atoms with Gasteiger partial charge in [-0.2, -0.15) is 4.98 Å². The topological polar surface area (TPSA) is 127 Å². The largest absolute Gasteiger partial charge is 0.471 e. The Hall–Kier alpha value is -2.23. The van der Waals surface area contributed by atoms with Gasteiger partial charge in [-0.15, -0.1) is 0 Å². The third-order valence-electron chi connectivity index (χ3n) is 4.33. The van der Waals surface area contributed by atoms with Crippen molar-refractivity contribution in [2.24, 2.45) is 5.14 Å². The normalized spacial score (nSPS) is 20.1. The Labute approximate surface area is 152 Å². The molecule has 1 aliphatic carbocycles. The first-order valence-electron chi connectivity index (χ1n) is 8.47. The highest BCUT2D eigenvalue weighted by atomic mass is 32.2. The van der Waals surface area contributed by atoms with Gasteiger partial charge in [0.2, 0.25) is 21.9 Å². The van der Waals surface area contributed by atoms with Crippen molar-refractivity contribution in [3.63, 3.8) is 0 Å². The lowest BCUT2D eigenvalue weighted by Gasteiger charge is -2.18. The van der Waals surface area contributed by atoms with Crippen molar-refractivity contribution in [3.8, 4) is 5.88 Å². The molecule has 2 atom stereocenters. The van der Waals surface area contributed by atoms with Crippen molar-refractivity contribution in [2.45, 2.75) is 49.7 Å². The minimum absolute atomic E-state index is 0.0320. The molecule has 1 heterocycles. The smallest absolute Gasteiger partial charge is 0.238 e. The van der Waals surface area contributed by atoms with Crippen LogP contribution in [0.15, 0.2) is 35.4 Å². The molecule has 26 heavy (non-hydrogen) atoms. The average molecular weight is 378 g/mol. The number of nitrogens with one attached hydrogen (secondary N) is 1. The van der Waals surface area contributed by atoms with Gasteiger partial charge in [0.05, 0.1) is 11.0 Å². The molecule has 140 valence electrons. The van der Waals surface area contributed by atoms with Gasteiger partial charge in [0, 0.05) is 17.4 Å². The molecule has 9 heteroatoms. The summed E-state index contributed by atoms with van der Waals surface area (Å²) in [6.45, 7) is 1.98. The molecule has 0 saturated heterocycles. The predicted octanol–water partition coefficient (Wildman–Crippen LogP) is 1.72. The van der Waals surface area contributed by atoms with Gasteiger partial charge in [-0.3, -0.25) is 0 Å². The number of hydrogen-bond acceptors (Lipinski definition) is 7. The van der Waals surface area contributed by atoms with Gasteiger partial charge in [0.15, 0.2) is 0 Å². The number of sulfonamides is 1. The second-order valence-corrected chi connectivity index (χ2v) is 7.79. The SMILES string of the molecule is CCc1cnc(Nc2ccc(S(N)(=O)=O)cc2)nc1O[C@H]1CCC[C@H]1O. The quantitative estimate of drug-likeness (QED) is 0.698. The van der Waals surface area contributed by atoms with Crippen LogP contribution >= 0.6 is 0 Å². The standard InChI is InChI=1S/C17H22N4O4S/c1-2-11-10-19-17(21-16(11)25-15-5-3-4-14(15)22)20-12-6-8-13(9-7-12)26(18,23)24/h6-10,14-15,22H,2-5H2,1H3,(H2,18,23,24)(H,19,20,21)/t14-,15+/m1/s1. The highest BCUT2D eigenvalue weighted by Gasteiger charge is 2.28. The molecule has 0 unspecified atom stereocenters. The van der Waals surface area contributed by atoms with E-state index in [0.717, 1.165) is 24.8 Å². The molecular weight excluding hydrogens is 356 g/mol. The number of ether oxygens (including phenoxy) is 1. The molecule has 3 rings (SSSR count). The van der Waals surface area contributed by atoms with Crippen LogP contribution in [0.5, 0.6) is 5.88 Å². The maximum atomic E-state index is 11.3. The Morgan fingerprint density at radius 2 is 2.04 bits per heavy atom. The summed E-state index contributed by atoms with van der Waals surface area (Å²) in [4.78, 5) is 8.70. The zero-order valence-electron chi connectivity index (χ0n) is 14.4. The van der Waals surface area contributed by atoms with Crippen molar-refractivity contribution in [3.05, 3.63) is 36.0 Å². The number of primary sulfonamides is 1. The first kappa shape index (κ1) is 18.6. The number of nitrogens with zero attached hydrogens (tertiary/aromatic N) is 2. The van der Waals surface area contributed by atoms with Gasteiger partial charge in [0.25, 0.3) is 0 Å². The number of hydrogen-bond donors (Lipinski definition) is 3. The van der Waals surface area contributed by atoms with Gasteiger partial charge in [-0.25, -0.2) is 18.5 Å². The van der Waals surface area contributed by atoms with Crippen LogP contribution in [0.2, 0.25) is 0 Å². The molecule has 0 bridgehead atoms. The number of nitrogens with two attached hydrogens (primary N) is 1. The summed E-state index contributed by atoms with van der Waals surface area (Å²) in [5.41, 5.74) is 1.48. The summed E-state index contributed by atoms with van der Waals surface area (Å²) in [5.74, 6) is 0.783. The Morgan fingerprint density at radius 1 is 1.31 bits per heavy atom. The molecule has 1 aromatic carbocycles. The van der Waals surface area contributed by atoms with E-state index < -0.39 is 16.1 Å². The number of aliphatic hydroxyl groups excluding tert-OH is 1. The van der Waals surface area contributed by atoms with Crippen LogP contribution < -0.4 is 15.2 Å². The number of rotatable bonds is 6. The van der Waals surface area contributed by atoms with Crippen molar-refractivity contribution < 1.29 is 18.3 Å². The van der Waals surface area contributed by atoms with Gasteiger partial charge < -0.3 is 15.2 Å². The van der Waals surface area contributed by atoms with E-state index in [1.54, 1.807) is 18.3 Å². The van der Waals surface area contributed by atoms with E-state index in [0.29, 0.717) is 23.9 Å². The highest BCUT2D eigenvalue weighted by Crippen LogP contribution is 2.27. The highest BCUT2D eigenvalue weighted by molar-refractivity contribution is 7.89. The lowest BCUT2D eigenvalue weighted by molar-refractivity contribution is 0.0568. The molecule has 0 amide bonds. The molecule has 4 N–H and O–H groups in total. The van der Waals surface area contributed by atoms with E-state index >= 15 is 0 Å². The fourth-order valence-electron chi connectivity index (χ4n) is 2.84. The molecule has 1 saturated carbocycles. The van der Waals surface area contributed by atoms with Gasteiger partial charge in [0.1, 0.15) is 6.10 Å². The fraction of sp³-hybridized carbons (Fsp3) is 0.412. The molecule has 1 fully saturated rings. The average Bonchev–Trinajstić information content (AvgIpc) is 3.00. The van der Waals surface area contributed by atoms with E-state index in [-0.39, 0.29) is 11.0 Å². The van der Waals surface area contributed by atoms with Crippen LogP contribution in [0.25, 0.3) is 0 Å². The van der Waals surface area contributed by atoms with Crippen LogP contribution in [-0.4, -0.2) is 35.7 Å². The molecule has 1 aromatic heterocycles. The van der Waals surface area contributed by atoms with E-state index in [2.05, 4.69) is 15.3 Å². The molecule has 0 radical (unpaired) electrons. The van der Waals surface area contributed by atoms with Crippen LogP contribution in [0, 0.1) is 0 Å². The summed E-state index contributed by atoms with van der Waals surface area (Å²) >= 11 is 0. The molecule has 0 aliphatic heterocycles.